The van der Waals surface area contributed by atoms with Gasteiger partial charge in [0.1, 0.15) is 19.3 Å². The van der Waals surface area contributed by atoms with E-state index in [-0.39, 0.29) is 25.7 Å². The van der Waals surface area contributed by atoms with Crippen LogP contribution in [0.25, 0.3) is 0 Å². The summed E-state index contributed by atoms with van der Waals surface area (Å²) in [7, 11) is -9.93. The molecule has 17 nitrogen and oxygen atoms in total. The molecule has 0 aromatic heterocycles. The highest BCUT2D eigenvalue weighted by Crippen LogP contribution is 2.45. The predicted molar refractivity (Wildman–Crippen MR) is 372 cm³/mol. The Morgan fingerprint density at radius 1 is 0.337 bits per heavy atom. The van der Waals surface area contributed by atoms with Gasteiger partial charge in [-0.1, -0.05) is 270 Å². The summed E-state index contributed by atoms with van der Waals surface area (Å²) in [5.74, 6) is -0.759. The highest BCUT2D eigenvalue weighted by atomic mass is 31.2. The van der Waals surface area contributed by atoms with Crippen molar-refractivity contribution >= 4 is 39.5 Å². The summed E-state index contributed by atoms with van der Waals surface area (Å²) in [5, 5.41) is 10.6. The minimum absolute atomic E-state index is 0.0778. The third-order valence-electron chi connectivity index (χ3n) is 15.7. The summed E-state index contributed by atoms with van der Waals surface area (Å²) in [6.07, 6.45) is 55.9. The standard InChI is InChI=1S/C73H134O17P2/c1-7-9-11-13-15-17-19-21-23-25-27-32-36-43-49-55-70(75)83-61-68(89-72(77)57-51-45-37-33-28-26-24-22-20-18-16-14-12-10-8-2)63-87-91(79,80)85-59-67(74)60-86-92(81,82)88-64-69(62-84-71(76)56-50-44-40-39-42-48-54-66(5)6)90-73(78)58-52-46-38-34-30-29-31-35-41-47-53-65(3)4/h17-24,65-69,74H,7-16,25-64H2,1-6H3,(H,79,80)(H,81,82)/b19-17-,20-18-,23-21-,24-22-/t67-,68-,69-/m1/s1. The van der Waals surface area contributed by atoms with Crippen LogP contribution in [0, 0.1) is 11.8 Å². The fourth-order valence-electron chi connectivity index (χ4n) is 10.0. The number of ether oxygens (including phenoxy) is 4. The SMILES string of the molecule is CCCCCC/C=C\C=C/CCCCCCCC(=O)OC[C@H](COP(=O)(O)OC[C@@H](O)COP(=O)(O)OC[C@@H](COC(=O)CCCCCCCCC(C)C)OC(=O)CCCCCCCCCCCCC(C)C)OC(=O)CCCCCCC/C=C\C=C/CCCCCC. The molecule has 0 aromatic rings. The number of rotatable bonds is 68. The second-order valence-electron chi connectivity index (χ2n) is 25.9. The number of esters is 4. The highest BCUT2D eigenvalue weighted by Gasteiger charge is 2.30. The zero-order chi connectivity index (χ0) is 67.9. The molecule has 0 radical (unpaired) electrons. The van der Waals surface area contributed by atoms with Gasteiger partial charge in [0.25, 0.3) is 0 Å². The maximum absolute atomic E-state index is 13.0. The molecule has 0 saturated carbocycles. The number of phosphoric acid groups is 2. The summed E-state index contributed by atoms with van der Waals surface area (Å²) in [5.41, 5.74) is 0. The zero-order valence-electron chi connectivity index (χ0n) is 58.8. The summed E-state index contributed by atoms with van der Waals surface area (Å²) >= 11 is 0. The van der Waals surface area contributed by atoms with E-state index in [4.69, 9.17) is 37.0 Å². The van der Waals surface area contributed by atoms with Crippen LogP contribution in [0.5, 0.6) is 0 Å². The van der Waals surface area contributed by atoms with Gasteiger partial charge in [-0.2, -0.15) is 0 Å². The molecule has 19 heteroatoms. The minimum atomic E-state index is -4.97. The molecular weight excluding hydrogens is 1210 g/mol. The van der Waals surface area contributed by atoms with E-state index in [1.165, 1.54) is 103 Å². The molecule has 0 spiro atoms. The number of aliphatic hydroxyl groups is 1. The second-order valence-corrected chi connectivity index (χ2v) is 28.8. The first-order valence-corrected chi connectivity index (χ1v) is 39.6. The highest BCUT2D eigenvalue weighted by molar-refractivity contribution is 7.47. The Morgan fingerprint density at radius 3 is 0.880 bits per heavy atom. The molecule has 0 amide bonds. The number of carbonyl (C=O) groups excluding carboxylic acids is 4. The number of phosphoric ester groups is 2. The van der Waals surface area contributed by atoms with Crippen molar-refractivity contribution in [3.8, 4) is 0 Å². The van der Waals surface area contributed by atoms with Crippen LogP contribution >= 0.6 is 15.6 Å². The van der Waals surface area contributed by atoms with Crippen molar-refractivity contribution in [2.45, 2.75) is 342 Å². The van der Waals surface area contributed by atoms with Gasteiger partial charge in [-0.05, 0) is 88.9 Å². The Balaban J connectivity index is 5.32. The van der Waals surface area contributed by atoms with Crippen LogP contribution in [0.4, 0.5) is 0 Å². The monoisotopic (exact) mass is 1340 g/mol. The van der Waals surface area contributed by atoms with Gasteiger partial charge in [0.2, 0.25) is 0 Å². The fourth-order valence-corrected chi connectivity index (χ4v) is 11.6. The van der Waals surface area contributed by atoms with Crippen molar-refractivity contribution < 1.29 is 80.2 Å². The smallest absolute Gasteiger partial charge is 0.462 e. The van der Waals surface area contributed by atoms with E-state index in [1.54, 1.807) is 0 Å². The lowest BCUT2D eigenvalue weighted by Gasteiger charge is -2.21. The molecular formula is C73H134O17P2. The van der Waals surface area contributed by atoms with E-state index in [2.05, 4.69) is 90.2 Å². The third kappa shape index (κ3) is 65.7. The first-order chi connectivity index (χ1) is 44.4. The normalized spacial score (nSPS) is 14.4. The number of aliphatic hydroxyl groups excluding tert-OH is 1. The van der Waals surface area contributed by atoms with Gasteiger partial charge in [0.15, 0.2) is 12.2 Å². The lowest BCUT2D eigenvalue weighted by atomic mass is 10.0. The zero-order valence-corrected chi connectivity index (χ0v) is 60.6. The second kappa shape index (κ2) is 64.0. The quantitative estimate of drug-likeness (QED) is 0.0169. The largest absolute Gasteiger partial charge is 0.472 e. The van der Waals surface area contributed by atoms with Gasteiger partial charge in [-0.25, -0.2) is 9.13 Å². The van der Waals surface area contributed by atoms with Crippen LogP contribution in [0.1, 0.15) is 324 Å². The molecule has 0 bridgehead atoms. The van der Waals surface area contributed by atoms with Crippen molar-refractivity contribution in [3.05, 3.63) is 48.6 Å². The molecule has 0 saturated heterocycles. The van der Waals surface area contributed by atoms with E-state index in [9.17, 15) is 43.2 Å². The Kier molecular flexibility index (Phi) is 62.0. The Labute approximate surface area is 559 Å². The van der Waals surface area contributed by atoms with Crippen LogP contribution < -0.4 is 0 Å². The Hall–Kier alpha value is -2.98. The first kappa shape index (κ1) is 89.0. The molecule has 5 atom stereocenters. The van der Waals surface area contributed by atoms with E-state index in [0.717, 1.165) is 134 Å². The molecule has 538 valence electrons. The van der Waals surface area contributed by atoms with E-state index >= 15 is 0 Å². The Morgan fingerprint density at radius 2 is 0.587 bits per heavy atom. The van der Waals surface area contributed by atoms with Gasteiger partial charge >= 0.3 is 39.5 Å². The van der Waals surface area contributed by atoms with Crippen molar-refractivity contribution in [3.63, 3.8) is 0 Å². The molecule has 0 aliphatic heterocycles. The van der Waals surface area contributed by atoms with Gasteiger partial charge in [-0.3, -0.25) is 37.3 Å². The van der Waals surface area contributed by atoms with Crippen molar-refractivity contribution in [2.24, 2.45) is 11.8 Å². The summed E-state index contributed by atoms with van der Waals surface area (Å²) in [6.45, 7) is 9.33. The van der Waals surface area contributed by atoms with Crippen LogP contribution in [0.2, 0.25) is 0 Å². The summed E-state index contributed by atoms with van der Waals surface area (Å²) in [4.78, 5) is 72.6. The van der Waals surface area contributed by atoms with Crippen molar-refractivity contribution in [1.82, 2.24) is 0 Å². The van der Waals surface area contributed by atoms with Gasteiger partial charge in [0.05, 0.1) is 26.4 Å². The number of carbonyl (C=O) groups is 4. The lowest BCUT2D eigenvalue weighted by Crippen LogP contribution is -2.30. The molecule has 0 fully saturated rings. The van der Waals surface area contributed by atoms with Crippen LogP contribution in [0.15, 0.2) is 48.6 Å². The maximum atomic E-state index is 13.0. The van der Waals surface area contributed by atoms with Crippen LogP contribution in [-0.4, -0.2) is 96.7 Å². The van der Waals surface area contributed by atoms with E-state index in [1.807, 2.05) is 0 Å². The van der Waals surface area contributed by atoms with Gasteiger partial charge in [0, 0.05) is 25.7 Å². The molecule has 3 N–H and O–H groups in total. The van der Waals surface area contributed by atoms with Crippen molar-refractivity contribution in [1.29, 1.82) is 0 Å². The first-order valence-electron chi connectivity index (χ1n) is 36.6. The molecule has 0 aliphatic rings. The van der Waals surface area contributed by atoms with Crippen LogP contribution in [0.3, 0.4) is 0 Å². The summed E-state index contributed by atoms with van der Waals surface area (Å²) < 4.78 is 68.3. The fraction of sp³-hybridized carbons (Fsp3) is 0.836. The molecule has 0 aromatic carbocycles. The third-order valence-corrected chi connectivity index (χ3v) is 17.6. The number of unbranched alkanes of at least 4 members (excludes halogenated alkanes) is 32. The number of hydrogen-bond acceptors (Lipinski definition) is 15. The molecule has 0 aliphatic carbocycles. The molecule has 2 unspecified atom stereocenters. The molecule has 92 heavy (non-hydrogen) atoms. The average Bonchev–Trinajstić information content (AvgIpc) is 3.68. The topological polar surface area (TPSA) is 237 Å². The number of hydrogen-bond donors (Lipinski definition) is 3. The van der Waals surface area contributed by atoms with Crippen molar-refractivity contribution in [2.75, 3.05) is 39.6 Å². The maximum Gasteiger partial charge on any atom is 0.472 e. The van der Waals surface area contributed by atoms with Gasteiger partial charge in [-0.15, -0.1) is 0 Å². The minimum Gasteiger partial charge on any atom is -0.462 e. The van der Waals surface area contributed by atoms with Crippen LogP contribution in [-0.2, 0) is 65.4 Å². The predicted octanol–water partition coefficient (Wildman–Crippen LogP) is 20.3. The Bertz CT molecular complexity index is 1970. The summed E-state index contributed by atoms with van der Waals surface area (Å²) in [6, 6.07) is 0. The molecule has 0 rings (SSSR count). The number of allylic oxidation sites excluding steroid dienone is 8. The lowest BCUT2D eigenvalue weighted by molar-refractivity contribution is -0.161. The van der Waals surface area contributed by atoms with E-state index < -0.39 is 97.5 Å². The van der Waals surface area contributed by atoms with E-state index in [0.29, 0.717) is 31.6 Å². The molecule has 0 heterocycles. The van der Waals surface area contributed by atoms with Gasteiger partial charge < -0.3 is 33.8 Å². The average molecular weight is 1350 g/mol.